The fourth-order valence-electron chi connectivity index (χ4n) is 1.55. The second-order valence-electron chi connectivity index (χ2n) is 4.47. The highest BCUT2D eigenvalue weighted by atomic mass is 32.2. The molecular formula is C11H12N6O5S3. The Hall–Kier alpha value is -2.58. The first-order valence-electron chi connectivity index (χ1n) is 6.40. The molecule has 0 bridgehead atoms. The molecule has 2 rings (SSSR count). The molecule has 0 unspecified atom stereocenters. The molecule has 0 aromatic carbocycles. The van der Waals surface area contributed by atoms with Gasteiger partial charge in [0.25, 0.3) is 10.0 Å². The lowest BCUT2D eigenvalue weighted by atomic mass is 10.3. The normalized spacial score (nSPS) is 11.0. The van der Waals surface area contributed by atoms with Crippen LogP contribution in [-0.4, -0.2) is 47.7 Å². The zero-order chi connectivity index (χ0) is 18.6. The third-order valence-corrected chi connectivity index (χ3v) is 6.26. The van der Waals surface area contributed by atoms with Crippen molar-refractivity contribution in [1.82, 2.24) is 9.97 Å². The molecule has 6 N–H and O–H groups in total. The summed E-state index contributed by atoms with van der Waals surface area (Å²) < 4.78 is 26.6. The van der Waals surface area contributed by atoms with E-state index in [0.29, 0.717) is 0 Å². The van der Waals surface area contributed by atoms with Gasteiger partial charge in [-0.2, -0.15) is 0 Å². The van der Waals surface area contributed by atoms with Gasteiger partial charge in [-0.3, -0.25) is 9.52 Å². The van der Waals surface area contributed by atoms with E-state index in [1.165, 1.54) is 5.51 Å². The number of Topliss-reactive ketones (excluding diaryl/α,β-unsaturated/α-hetero) is 1. The summed E-state index contributed by atoms with van der Waals surface area (Å²) in [7, 11) is -4.05. The maximum atomic E-state index is 12.3. The number of guanidine groups is 1. The predicted molar refractivity (Wildman–Crippen MR) is 91.4 cm³/mol. The number of aliphatic imine (C=N–C) groups is 1. The van der Waals surface area contributed by atoms with E-state index in [0.717, 1.165) is 28.9 Å². The number of nitrogens with one attached hydrogen (secondary N) is 1. The highest BCUT2D eigenvalue weighted by molar-refractivity contribution is 7.94. The monoisotopic (exact) mass is 404 g/mol. The topological polar surface area (TPSA) is 191 Å². The Balaban J connectivity index is 2.12. The molecule has 11 nitrogen and oxygen atoms in total. The lowest BCUT2D eigenvalue weighted by Gasteiger charge is -2.03. The van der Waals surface area contributed by atoms with Gasteiger partial charge in [0.1, 0.15) is 16.6 Å². The van der Waals surface area contributed by atoms with Crippen LogP contribution in [0.3, 0.4) is 0 Å². The summed E-state index contributed by atoms with van der Waals surface area (Å²) >= 11 is 1.62. The number of thiazole rings is 2. The summed E-state index contributed by atoms with van der Waals surface area (Å²) in [5.41, 5.74) is 11.1. The fourth-order valence-corrected chi connectivity index (χ4v) is 4.74. The van der Waals surface area contributed by atoms with E-state index in [1.807, 2.05) is 0 Å². The number of rotatable bonds is 8. The van der Waals surface area contributed by atoms with Crippen LogP contribution in [0.5, 0.6) is 0 Å². The van der Waals surface area contributed by atoms with Crippen molar-refractivity contribution in [3.05, 3.63) is 22.4 Å². The van der Waals surface area contributed by atoms with Crippen LogP contribution in [0.15, 0.2) is 20.9 Å². The van der Waals surface area contributed by atoms with E-state index < -0.39 is 21.7 Å². The first kappa shape index (κ1) is 18.8. The van der Waals surface area contributed by atoms with Gasteiger partial charge in [0, 0.05) is 0 Å². The van der Waals surface area contributed by atoms with Crippen molar-refractivity contribution in [2.75, 3.05) is 11.3 Å². The number of ketones is 1. The van der Waals surface area contributed by atoms with Gasteiger partial charge in [0.2, 0.25) is 0 Å². The van der Waals surface area contributed by atoms with Gasteiger partial charge < -0.3 is 16.6 Å². The second-order valence-corrected chi connectivity index (χ2v) is 8.35. The summed E-state index contributed by atoms with van der Waals surface area (Å²) in [6, 6.07) is 0. The van der Waals surface area contributed by atoms with Gasteiger partial charge >= 0.3 is 5.97 Å². The predicted octanol–water partition coefficient (Wildman–Crippen LogP) is -0.516. The van der Waals surface area contributed by atoms with Gasteiger partial charge in [-0.25, -0.2) is 28.2 Å². The molecule has 0 aliphatic carbocycles. The van der Waals surface area contributed by atoms with E-state index in [1.54, 1.807) is 0 Å². The second kappa shape index (κ2) is 7.54. The Morgan fingerprint density at radius 1 is 1.32 bits per heavy atom. The summed E-state index contributed by atoms with van der Waals surface area (Å²) in [5, 5.41) is 9.09. The van der Waals surface area contributed by atoms with Crippen LogP contribution in [0.4, 0.5) is 5.00 Å². The number of anilines is 1. The van der Waals surface area contributed by atoms with Crippen molar-refractivity contribution in [2.24, 2.45) is 16.5 Å². The molecule has 0 aliphatic rings. The first-order valence-corrected chi connectivity index (χ1v) is 9.58. The first-order chi connectivity index (χ1) is 11.7. The number of hydrogen-bond donors (Lipinski definition) is 4. The van der Waals surface area contributed by atoms with E-state index in [4.69, 9.17) is 16.6 Å². The van der Waals surface area contributed by atoms with E-state index in [-0.39, 0.29) is 38.9 Å². The number of aromatic carboxylic acids is 1. The Bertz CT molecular complexity index is 928. The van der Waals surface area contributed by atoms with Crippen LogP contribution >= 0.6 is 22.7 Å². The van der Waals surface area contributed by atoms with Crippen molar-refractivity contribution >= 4 is 55.4 Å². The molecule has 2 aromatic heterocycles. The van der Waals surface area contributed by atoms with Crippen molar-refractivity contribution in [3.63, 3.8) is 0 Å². The Kier molecular flexibility index (Phi) is 5.66. The zero-order valence-electron chi connectivity index (χ0n) is 12.4. The third-order valence-electron chi connectivity index (χ3n) is 2.58. The Labute approximate surface area is 149 Å². The van der Waals surface area contributed by atoms with E-state index in [2.05, 4.69) is 19.7 Å². The van der Waals surface area contributed by atoms with Crippen LogP contribution in [0.1, 0.15) is 15.5 Å². The Morgan fingerprint density at radius 3 is 2.68 bits per heavy atom. The van der Waals surface area contributed by atoms with Crippen molar-refractivity contribution in [3.8, 4) is 0 Å². The molecule has 0 saturated carbocycles. The van der Waals surface area contributed by atoms with Crippen molar-refractivity contribution < 1.29 is 23.1 Å². The molecule has 25 heavy (non-hydrogen) atoms. The average molecular weight is 404 g/mol. The van der Waals surface area contributed by atoms with Crippen LogP contribution in [0.2, 0.25) is 0 Å². The largest absolute Gasteiger partial charge is 0.476 e. The number of nitrogens with zero attached hydrogens (tertiary/aromatic N) is 3. The molecule has 0 radical (unpaired) electrons. The summed E-state index contributed by atoms with van der Waals surface area (Å²) in [6.45, 7) is -0.231. The van der Waals surface area contributed by atoms with Crippen LogP contribution in [-0.2, 0) is 21.2 Å². The SMILES string of the molecule is NC(N)=NCC(=O)Cc1ncc(S(=O)(=O)Nc2scnc2C(=O)O)s1. The minimum Gasteiger partial charge on any atom is -0.476 e. The number of carbonyl (C=O) groups excluding carboxylic acids is 1. The third kappa shape index (κ3) is 4.94. The minimum atomic E-state index is -4.05. The maximum Gasteiger partial charge on any atom is 0.357 e. The van der Waals surface area contributed by atoms with Crippen molar-refractivity contribution in [2.45, 2.75) is 10.6 Å². The summed E-state index contributed by atoms with van der Waals surface area (Å²) in [5.74, 6) is -1.91. The number of hydrogen-bond acceptors (Lipinski definition) is 9. The number of nitrogens with two attached hydrogens (primary N) is 2. The number of carboxylic acids is 1. The molecule has 0 spiro atoms. The zero-order valence-corrected chi connectivity index (χ0v) is 14.8. The van der Waals surface area contributed by atoms with Gasteiger partial charge in [-0.05, 0) is 0 Å². The smallest absolute Gasteiger partial charge is 0.357 e. The molecule has 0 amide bonds. The molecular weight excluding hydrogens is 392 g/mol. The summed E-state index contributed by atoms with van der Waals surface area (Å²) in [4.78, 5) is 33.6. The molecule has 0 aliphatic heterocycles. The van der Waals surface area contributed by atoms with Crippen LogP contribution < -0.4 is 16.2 Å². The molecule has 134 valence electrons. The van der Waals surface area contributed by atoms with Crippen molar-refractivity contribution in [1.29, 1.82) is 0 Å². The van der Waals surface area contributed by atoms with Crippen LogP contribution in [0, 0.1) is 0 Å². The standard InChI is InChI=1S/C11H12N6O5S3/c12-11(13)15-2-5(18)1-6-14-3-7(24-6)25(21,22)17-9-8(10(19)20)16-4-23-9/h3-4,17H,1-2H2,(H,19,20)(H4,12,13,15). The van der Waals surface area contributed by atoms with Gasteiger partial charge in [0.05, 0.1) is 18.1 Å². The molecule has 2 aromatic rings. The molecule has 0 saturated heterocycles. The van der Waals surface area contributed by atoms with Crippen LogP contribution in [0.25, 0.3) is 0 Å². The minimum absolute atomic E-state index is 0.119. The Morgan fingerprint density at radius 2 is 2.04 bits per heavy atom. The molecule has 14 heteroatoms. The lowest BCUT2D eigenvalue weighted by Crippen LogP contribution is -2.24. The average Bonchev–Trinajstić information content (AvgIpc) is 3.14. The fraction of sp³-hybridized carbons (Fsp3) is 0.182. The number of carboxylic acid groups (broad SMARTS) is 1. The lowest BCUT2D eigenvalue weighted by molar-refractivity contribution is -0.117. The highest BCUT2D eigenvalue weighted by Gasteiger charge is 2.23. The molecule has 0 atom stereocenters. The van der Waals surface area contributed by atoms with Gasteiger partial charge in [-0.15, -0.1) is 22.7 Å². The van der Waals surface area contributed by atoms with Gasteiger partial charge in [-0.1, -0.05) is 0 Å². The quantitative estimate of drug-likeness (QED) is 0.331. The van der Waals surface area contributed by atoms with Gasteiger partial charge in [0.15, 0.2) is 21.6 Å². The highest BCUT2D eigenvalue weighted by Crippen LogP contribution is 2.26. The van der Waals surface area contributed by atoms with E-state index in [9.17, 15) is 18.0 Å². The number of carbonyl (C=O) groups is 2. The van der Waals surface area contributed by atoms with E-state index >= 15 is 0 Å². The molecule has 2 heterocycles. The number of aromatic nitrogens is 2. The maximum absolute atomic E-state index is 12.3. The summed E-state index contributed by atoms with van der Waals surface area (Å²) in [6.07, 6.45) is 0.954. The number of sulfonamides is 1. The molecule has 0 fully saturated rings.